The molecule has 0 aromatic heterocycles. The van der Waals surface area contributed by atoms with Gasteiger partial charge in [0.15, 0.2) is 0 Å². The van der Waals surface area contributed by atoms with Crippen molar-refractivity contribution in [1.82, 2.24) is 0 Å². The smallest absolute Gasteiger partial charge is 0.326 e. The van der Waals surface area contributed by atoms with Gasteiger partial charge in [-0.3, -0.25) is 0 Å². The minimum absolute atomic E-state index is 0.0766. The Bertz CT molecular complexity index is 377. The average molecular weight is 200 g/mol. The van der Waals surface area contributed by atoms with E-state index in [1.807, 2.05) is 0 Å². The first-order valence-electron chi connectivity index (χ1n) is 3.79. The second-order valence-corrected chi connectivity index (χ2v) is 2.69. The number of hydrogen-bond acceptors (Lipinski definition) is 2. The number of alkyl halides is 3. The number of hydrogen-bond donors (Lipinski definition) is 1. The molecule has 0 aliphatic carbocycles. The van der Waals surface area contributed by atoms with Gasteiger partial charge in [-0.15, -0.1) is 0 Å². The van der Waals surface area contributed by atoms with Gasteiger partial charge in [-0.05, 0) is 23.8 Å². The summed E-state index contributed by atoms with van der Waals surface area (Å²) in [5.41, 5.74) is 4.83. The summed E-state index contributed by atoms with van der Waals surface area (Å²) in [5.74, 6) is 0. The van der Waals surface area contributed by atoms with E-state index in [1.165, 1.54) is 0 Å². The monoisotopic (exact) mass is 200 g/mol. The van der Waals surface area contributed by atoms with Gasteiger partial charge in [0.2, 0.25) is 0 Å². The van der Waals surface area contributed by atoms with Crippen LogP contribution in [0.1, 0.15) is 16.7 Å². The topological polar surface area (TPSA) is 49.8 Å². The molecule has 0 radical (unpaired) electrons. The molecule has 0 saturated carbocycles. The van der Waals surface area contributed by atoms with E-state index in [1.54, 1.807) is 6.07 Å². The van der Waals surface area contributed by atoms with Crippen LogP contribution >= 0.6 is 0 Å². The second kappa shape index (κ2) is 3.68. The molecule has 0 fully saturated rings. The van der Waals surface area contributed by atoms with Crippen molar-refractivity contribution in [2.45, 2.75) is 12.7 Å². The molecule has 1 aromatic carbocycles. The zero-order valence-corrected chi connectivity index (χ0v) is 7.10. The summed E-state index contributed by atoms with van der Waals surface area (Å²) in [7, 11) is 0. The van der Waals surface area contributed by atoms with Gasteiger partial charge in [-0.25, -0.2) is 0 Å². The maximum Gasteiger partial charge on any atom is 0.416 e. The molecule has 5 heteroatoms. The Morgan fingerprint density at radius 3 is 2.43 bits per heavy atom. The highest BCUT2D eigenvalue weighted by molar-refractivity contribution is 5.40. The van der Waals surface area contributed by atoms with Crippen molar-refractivity contribution < 1.29 is 13.2 Å². The molecule has 0 saturated heterocycles. The number of nitriles is 1. The van der Waals surface area contributed by atoms with Crippen LogP contribution in [0.5, 0.6) is 0 Å². The molecule has 0 unspecified atom stereocenters. The molecule has 0 spiro atoms. The number of halogens is 3. The minimum atomic E-state index is -4.39. The quantitative estimate of drug-likeness (QED) is 0.754. The Kier molecular flexibility index (Phi) is 2.77. The van der Waals surface area contributed by atoms with Crippen LogP contribution in [0.4, 0.5) is 13.2 Å². The van der Waals surface area contributed by atoms with Crippen LogP contribution in [0.15, 0.2) is 18.2 Å². The van der Waals surface area contributed by atoms with Gasteiger partial charge in [-0.2, -0.15) is 18.4 Å². The summed E-state index contributed by atoms with van der Waals surface area (Å²) in [6.07, 6.45) is -4.39. The highest BCUT2D eigenvalue weighted by Gasteiger charge is 2.30. The van der Waals surface area contributed by atoms with E-state index in [2.05, 4.69) is 0 Å². The van der Waals surface area contributed by atoms with Gasteiger partial charge in [0.05, 0.1) is 17.2 Å². The normalized spacial score (nSPS) is 11.1. The Morgan fingerprint density at radius 1 is 1.36 bits per heavy atom. The molecule has 2 N–H and O–H groups in total. The van der Waals surface area contributed by atoms with Crippen LogP contribution in [0, 0.1) is 11.3 Å². The first kappa shape index (κ1) is 10.5. The molecule has 0 aliphatic heterocycles. The summed E-state index contributed by atoms with van der Waals surface area (Å²) < 4.78 is 36.6. The standard InChI is InChI=1S/C9H7F3N2/c10-9(11,12)8-2-1-6(4-13)7(3-8)5-14/h1-3H,5,14H2. The summed E-state index contributed by atoms with van der Waals surface area (Å²) in [4.78, 5) is 0. The number of nitrogens with zero attached hydrogens (tertiary/aromatic N) is 1. The zero-order chi connectivity index (χ0) is 10.8. The molecule has 0 bridgehead atoms. The van der Waals surface area contributed by atoms with Crippen LogP contribution in [0.3, 0.4) is 0 Å². The van der Waals surface area contributed by atoms with E-state index in [4.69, 9.17) is 11.0 Å². The summed E-state index contributed by atoms with van der Waals surface area (Å²) in [6, 6.07) is 4.68. The SMILES string of the molecule is N#Cc1ccc(C(F)(F)F)cc1CN. The van der Waals surface area contributed by atoms with Crippen LogP contribution in [-0.4, -0.2) is 0 Å². The first-order valence-corrected chi connectivity index (χ1v) is 3.79. The van der Waals surface area contributed by atoms with Gasteiger partial charge in [-0.1, -0.05) is 0 Å². The van der Waals surface area contributed by atoms with Crippen molar-refractivity contribution in [1.29, 1.82) is 5.26 Å². The van der Waals surface area contributed by atoms with Gasteiger partial charge in [0, 0.05) is 6.54 Å². The maximum atomic E-state index is 12.2. The van der Waals surface area contributed by atoms with Crippen molar-refractivity contribution in [3.63, 3.8) is 0 Å². The number of nitrogens with two attached hydrogens (primary N) is 1. The van der Waals surface area contributed by atoms with E-state index in [0.717, 1.165) is 18.2 Å². The highest BCUT2D eigenvalue weighted by atomic mass is 19.4. The third-order valence-electron chi connectivity index (χ3n) is 1.77. The van der Waals surface area contributed by atoms with Gasteiger partial charge >= 0.3 is 6.18 Å². The lowest BCUT2D eigenvalue weighted by Crippen LogP contribution is -2.08. The third kappa shape index (κ3) is 2.03. The van der Waals surface area contributed by atoms with Crippen LogP contribution in [-0.2, 0) is 12.7 Å². The molecule has 1 rings (SSSR count). The minimum Gasteiger partial charge on any atom is -0.326 e. The van der Waals surface area contributed by atoms with Crippen LogP contribution < -0.4 is 5.73 Å². The largest absolute Gasteiger partial charge is 0.416 e. The molecule has 74 valence electrons. The summed E-state index contributed by atoms with van der Waals surface area (Å²) in [5, 5.41) is 8.56. The summed E-state index contributed by atoms with van der Waals surface area (Å²) >= 11 is 0. The van der Waals surface area contributed by atoms with E-state index in [-0.39, 0.29) is 17.7 Å². The molecule has 0 heterocycles. The lowest BCUT2D eigenvalue weighted by Gasteiger charge is -2.08. The Morgan fingerprint density at radius 2 is 2.00 bits per heavy atom. The van der Waals surface area contributed by atoms with E-state index in [9.17, 15) is 13.2 Å². The molecule has 1 aromatic rings. The van der Waals surface area contributed by atoms with Crippen molar-refractivity contribution in [3.05, 3.63) is 34.9 Å². The fraction of sp³-hybridized carbons (Fsp3) is 0.222. The molecular weight excluding hydrogens is 193 g/mol. The first-order chi connectivity index (χ1) is 6.49. The third-order valence-corrected chi connectivity index (χ3v) is 1.77. The highest BCUT2D eigenvalue weighted by Crippen LogP contribution is 2.30. The molecule has 2 nitrogen and oxygen atoms in total. The summed E-state index contributed by atoms with van der Waals surface area (Å²) in [6.45, 7) is -0.0766. The number of rotatable bonds is 1. The van der Waals surface area contributed by atoms with Gasteiger partial charge in [0.25, 0.3) is 0 Å². The lowest BCUT2D eigenvalue weighted by atomic mass is 10.0. The molecule has 0 amide bonds. The van der Waals surface area contributed by atoms with E-state index in [0.29, 0.717) is 0 Å². The zero-order valence-electron chi connectivity index (χ0n) is 7.10. The lowest BCUT2D eigenvalue weighted by molar-refractivity contribution is -0.137. The number of benzene rings is 1. The maximum absolute atomic E-state index is 12.2. The van der Waals surface area contributed by atoms with Crippen molar-refractivity contribution in [2.24, 2.45) is 5.73 Å². The van der Waals surface area contributed by atoms with Crippen molar-refractivity contribution in [3.8, 4) is 6.07 Å². The predicted octanol–water partition coefficient (Wildman–Crippen LogP) is 2.04. The Balaban J connectivity index is 3.23. The molecule has 0 aliphatic rings. The predicted molar refractivity (Wildman–Crippen MR) is 44.1 cm³/mol. The Hall–Kier alpha value is -1.54. The van der Waals surface area contributed by atoms with Gasteiger partial charge < -0.3 is 5.73 Å². The van der Waals surface area contributed by atoms with Crippen LogP contribution in [0.2, 0.25) is 0 Å². The fourth-order valence-electron chi connectivity index (χ4n) is 1.05. The Labute approximate surface area is 78.8 Å². The van der Waals surface area contributed by atoms with E-state index < -0.39 is 11.7 Å². The second-order valence-electron chi connectivity index (χ2n) is 2.69. The molecular formula is C9H7F3N2. The average Bonchev–Trinajstić information content (AvgIpc) is 2.15. The van der Waals surface area contributed by atoms with Gasteiger partial charge in [0.1, 0.15) is 0 Å². The fourth-order valence-corrected chi connectivity index (χ4v) is 1.05. The van der Waals surface area contributed by atoms with Crippen molar-refractivity contribution in [2.75, 3.05) is 0 Å². The molecule has 14 heavy (non-hydrogen) atoms. The van der Waals surface area contributed by atoms with Crippen LogP contribution in [0.25, 0.3) is 0 Å². The molecule has 0 atom stereocenters. The van der Waals surface area contributed by atoms with E-state index >= 15 is 0 Å². The van der Waals surface area contributed by atoms with Crippen molar-refractivity contribution >= 4 is 0 Å².